The van der Waals surface area contributed by atoms with Gasteiger partial charge in [0.25, 0.3) is 17.6 Å². The fourth-order valence-electron chi connectivity index (χ4n) is 5.38. The summed E-state index contributed by atoms with van der Waals surface area (Å²) in [6.07, 6.45) is 0. The van der Waals surface area contributed by atoms with Crippen LogP contribution in [-0.2, 0) is 16.9 Å². The van der Waals surface area contributed by atoms with E-state index >= 15 is 0 Å². The van der Waals surface area contributed by atoms with Gasteiger partial charge in [-0.15, -0.1) is 0 Å². The predicted octanol–water partition coefficient (Wildman–Crippen LogP) is 4.46. The molecule has 1 spiro atoms. The standard InChI is InChI=1S/C25H21BrN4O6/c1-28-13-19(23(30(34)35)25(28)20-4-2-3-5-21(20)27-24(25)31)18-12-16(26)8-11-22(18)36-14-15-6-9-17(10-7-15)29(32)33/h2-12,19,23H,13-14H2,1H3,(H,27,31)/t19-,23+,25+/m1/s1. The molecule has 5 rings (SSSR count). The molecule has 2 aliphatic heterocycles. The van der Waals surface area contributed by atoms with Crippen LogP contribution in [0.5, 0.6) is 5.75 Å². The first-order valence-corrected chi connectivity index (χ1v) is 11.9. The molecule has 1 fully saturated rings. The first kappa shape index (κ1) is 23.9. The van der Waals surface area contributed by atoms with E-state index in [2.05, 4.69) is 21.2 Å². The minimum Gasteiger partial charge on any atom is -0.489 e. The van der Waals surface area contributed by atoms with E-state index in [-0.39, 0.29) is 23.8 Å². The highest BCUT2D eigenvalue weighted by molar-refractivity contribution is 9.10. The van der Waals surface area contributed by atoms with Crippen molar-refractivity contribution in [3.8, 4) is 5.75 Å². The summed E-state index contributed by atoms with van der Waals surface area (Å²) in [4.78, 5) is 37.8. The Morgan fingerprint density at radius 2 is 1.83 bits per heavy atom. The summed E-state index contributed by atoms with van der Waals surface area (Å²) in [6, 6.07) is 17.1. The number of para-hydroxylation sites is 1. The van der Waals surface area contributed by atoms with Crippen LogP contribution in [0.3, 0.4) is 0 Å². The molecule has 0 aliphatic carbocycles. The van der Waals surface area contributed by atoms with Crippen molar-refractivity contribution in [1.29, 1.82) is 0 Å². The third kappa shape index (κ3) is 3.71. The zero-order valence-corrected chi connectivity index (χ0v) is 20.7. The maximum absolute atomic E-state index is 13.3. The summed E-state index contributed by atoms with van der Waals surface area (Å²) in [6.45, 7) is 0.379. The first-order valence-electron chi connectivity index (χ1n) is 11.1. The number of fused-ring (bicyclic) bond motifs is 2. The third-order valence-electron chi connectivity index (χ3n) is 6.95. The molecule has 0 aromatic heterocycles. The molecule has 11 heteroatoms. The number of nitro benzene ring substituents is 1. The van der Waals surface area contributed by atoms with Crippen LogP contribution in [0.25, 0.3) is 0 Å². The summed E-state index contributed by atoms with van der Waals surface area (Å²) >= 11 is 3.46. The van der Waals surface area contributed by atoms with Crippen molar-refractivity contribution < 1.29 is 19.4 Å². The number of carbonyl (C=O) groups is 1. The SMILES string of the molecule is CN1C[C@H](c2cc(Br)ccc2OCc2ccc([N+](=O)[O-])cc2)[C@H]([N+](=O)[O-])[C@@]12C(=O)Nc1ccccc12. The number of likely N-dealkylation sites (tertiary alicyclic amines) is 1. The highest BCUT2D eigenvalue weighted by Gasteiger charge is 2.68. The van der Waals surface area contributed by atoms with E-state index in [4.69, 9.17) is 4.74 Å². The molecule has 36 heavy (non-hydrogen) atoms. The van der Waals surface area contributed by atoms with Crippen LogP contribution in [0, 0.1) is 20.2 Å². The number of non-ortho nitro benzene ring substituents is 1. The van der Waals surface area contributed by atoms with E-state index in [1.165, 1.54) is 12.1 Å². The predicted molar refractivity (Wildman–Crippen MR) is 134 cm³/mol. The van der Waals surface area contributed by atoms with Crippen LogP contribution < -0.4 is 10.1 Å². The molecule has 0 radical (unpaired) electrons. The minimum atomic E-state index is -1.46. The van der Waals surface area contributed by atoms with Crippen LogP contribution in [0.4, 0.5) is 11.4 Å². The van der Waals surface area contributed by atoms with E-state index in [0.717, 1.165) is 4.47 Å². The smallest absolute Gasteiger partial charge is 0.269 e. The van der Waals surface area contributed by atoms with Gasteiger partial charge in [-0.1, -0.05) is 34.1 Å². The summed E-state index contributed by atoms with van der Waals surface area (Å²) in [5.74, 6) is -0.615. The van der Waals surface area contributed by atoms with Gasteiger partial charge in [0.2, 0.25) is 0 Å². The number of nitrogens with one attached hydrogen (secondary N) is 1. The molecule has 0 unspecified atom stereocenters. The molecule has 10 nitrogen and oxygen atoms in total. The van der Waals surface area contributed by atoms with Gasteiger partial charge in [-0.05, 0) is 49.0 Å². The van der Waals surface area contributed by atoms with Gasteiger partial charge in [0, 0.05) is 44.9 Å². The number of hydrogen-bond donors (Lipinski definition) is 1. The number of halogens is 1. The largest absolute Gasteiger partial charge is 0.489 e. The number of anilines is 1. The Morgan fingerprint density at radius 3 is 2.53 bits per heavy atom. The molecule has 1 amide bonds. The first-order chi connectivity index (χ1) is 17.2. The van der Waals surface area contributed by atoms with Crippen LogP contribution in [0.15, 0.2) is 71.2 Å². The van der Waals surface area contributed by atoms with Crippen LogP contribution in [-0.4, -0.2) is 40.3 Å². The molecule has 2 aliphatic rings. The number of rotatable bonds is 6. The molecule has 3 aromatic carbocycles. The fraction of sp³-hybridized carbons (Fsp3) is 0.240. The van der Waals surface area contributed by atoms with Crippen LogP contribution in [0.1, 0.15) is 22.6 Å². The Morgan fingerprint density at radius 1 is 1.11 bits per heavy atom. The number of carbonyl (C=O) groups excluding carboxylic acids is 1. The number of benzene rings is 3. The van der Waals surface area contributed by atoms with E-state index in [0.29, 0.717) is 28.1 Å². The van der Waals surface area contributed by atoms with Gasteiger partial charge in [-0.3, -0.25) is 29.9 Å². The number of likely N-dealkylation sites (N-methyl/N-ethyl adjacent to an activating group) is 1. The minimum absolute atomic E-state index is 0.0219. The van der Waals surface area contributed by atoms with Gasteiger partial charge in [0.15, 0.2) is 5.54 Å². The molecule has 3 aromatic rings. The quantitative estimate of drug-likeness (QED) is 0.353. The van der Waals surface area contributed by atoms with Crippen molar-refractivity contribution in [3.63, 3.8) is 0 Å². The van der Waals surface area contributed by atoms with Crippen molar-refractivity contribution in [2.75, 3.05) is 18.9 Å². The number of nitrogens with zero attached hydrogens (tertiary/aromatic N) is 3. The molecular formula is C25H21BrN4O6. The van der Waals surface area contributed by atoms with Crippen LogP contribution in [0.2, 0.25) is 0 Å². The van der Waals surface area contributed by atoms with Crippen molar-refractivity contribution >= 4 is 33.2 Å². The van der Waals surface area contributed by atoms with E-state index in [9.17, 15) is 25.0 Å². The Bertz CT molecular complexity index is 1380. The summed E-state index contributed by atoms with van der Waals surface area (Å²) < 4.78 is 6.79. The second-order valence-corrected chi connectivity index (χ2v) is 9.79. The van der Waals surface area contributed by atoms with Gasteiger partial charge < -0.3 is 10.1 Å². The highest BCUT2D eigenvalue weighted by Crippen LogP contribution is 2.53. The maximum Gasteiger partial charge on any atom is 0.269 e. The lowest BCUT2D eigenvalue weighted by Crippen LogP contribution is -2.54. The van der Waals surface area contributed by atoms with Gasteiger partial charge in [-0.2, -0.15) is 0 Å². The van der Waals surface area contributed by atoms with E-state index in [1.807, 2.05) is 0 Å². The Kier molecular flexibility index (Phi) is 5.97. The Hall–Kier alpha value is -3.83. The molecule has 1 saturated heterocycles. The van der Waals surface area contributed by atoms with Gasteiger partial charge in [0.05, 0.1) is 10.8 Å². The van der Waals surface area contributed by atoms with Gasteiger partial charge in [0.1, 0.15) is 12.4 Å². The second kappa shape index (κ2) is 8.99. The van der Waals surface area contributed by atoms with Crippen molar-refractivity contribution in [1.82, 2.24) is 4.90 Å². The second-order valence-electron chi connectivity index (χ2n) is 8.88. The van der Waals surface area contributed by atoms with Gasteiger partial charge >= 0.3 is 0 Å². The molecule has 184 valence electrons. The zero-order chi connectivity index (χ0) is 25.6. The number of hydrogen-bond acceptors (Lipinski definition) is 7. The van der Waals surface area contributed by atoms with E-state index in [1.54, 1.807) is 66.5 Å². The number of amides is 1. The van der Waals surface area contributed by atoms with Crippen molar-refractivity contribution in [2.24, 2.45) is 0 Å². The molecule has 1 N–H and O–H groups in total. The maximum atomic E-state index is 13.3. The van der Waals surface area contributed by atoms with E-state index < -0.39 is 28.3 Å². The lowest BCUT2D eigenvalue weighted by atomic mass is 9.79. The lowest BCUT2D eigenvalue weighted by Gasteiger charge is -2.30. The number of ether oxygens (including phenoxy) is 1. The highest BCUT2D eigenvalue weighted by atomic mass is 79.9. The summed E-state index contributed by atoms with van der Waals surface area (Å²) in [5.41, 5.74) is 1.00. The average molecular weight is 553 g/mol. The molecule has 2 heterocycles. The number of nitro groups is 2. The monoisotopic (exact) mass is 552 g/mol. The average Bonchev–Trinajstić information content (AvgIpc) is 3.33. The molecular weight excluding hydrogens is 532 g/mol. The topological polar surface area (TPSA) is 128 Å². The normalized spacial score (nSPS) is 22.9. The summed E-state index contributed by atoms with van der Waals surface area (Å²) in [5, 5.41) is 26.3. The molecule has 3 atom stereocenters. The van der Waals surface area contributed by atoms with Crippen molar-refractivity contribution in [2.45, 2.75) is 24.1 Å². The van der Waals surface area contributed by atoms with Gasteiger partial charge in [-0.25, -0.2) is 0 Å². The summed E-state index contributed by atoms with van der Waals surface area (Å²) in [7, 11) is 1.73. The van der Waals surface area contributed by atoms with Crippen molar-refractivity contribution in [3.05, 3.63) is 108 Å². The lowest BCUT2D eigenvalue weighted by molar-refractivity contribution is -0.534. The van der Waals surface area contributed by atoms with Crippen LogP contribution >= 0.6 is 15.9 Å². The molecule has 0 bridgehead atoms. The molecule has 0 saturated carbocycles. The zero-order valence-electron chi connectivity index (χ0n) is 19.1. The Balaban J connectivity index is 1.52. The fourth-order valence-corrected chi connectivity index (χ4v) is 5.76. The third-order valence-corrected chi connectivity index (χ3v) is 7.45. The Labute approximate surface area is 214 Å².